The van der Waals surface area contributed by atoms with Crippen LogP contribution in [0, 0.1) is 17.8 Å². The lowest BCUT2D eigenvalue weighted by Gasteiger charge is -2.34. The lowest BCUT2D eigenvalue weighted by molar-refractivity contribution is -0.126. The number of piperidine rings is 1. The molecule has 3 heterocycles. The van der Waals surface area contributed by atoms with Crippen molar-refractivity contribution in [2.75, 3.05) is 29.9 Å². The molecule has 1 aromatic heterocycles. The van der Waals surface area contributed by atoms with Gasteiger partial charge < -0.3 is 20.9 Å². The topological polar surface area (TPSA) is 86.4 Å². The molecule has 2 aliphatic rings. The molecule has 1 atom stereocenters. The molecule has 170 valence electrons. The van der Waals surface area contributed by atoms with Crippen molar-refractivity contribution in [1.82, 2.24) is 15.6 Å². The van der Waals surface area contributed by atoms with Crippen LogP contribution in [0.4, 0.5) is 17.2 Å². The van der Waals surface area contributed by atoms with Crippen molar-refractivity contribution < 1.29 is 9.59 Å². The van der Waals surface area contributed by atoms with Crippen LogP contribution in [-0.2, 0) is 16.1 Å². The number of carbonyl (C=O) groups excluding carboxylic acids is 2. The van der Waals surface area contributed by atoms with Gasteiger partial charge in [0.25, 0.3) is 0 Å². The second-order valence-corrected chi connectivity index (χ2v) is 9.22. The Morgan fingerprint density at radius 1 is 1.12 bits per heavy atom. The molecule has 0 aliphatic carbocycles. The summed E-state index contributed by atoms with van der Waals surface area (Å²) in [7, 11) is 0. The zero-order chi connectivity index (χ0) is 22.5. The largest absolute Gasteiger partial charge is 0.357 e. The second-order valence-electron chi connectivity index (χ2n) is 9.22. The Hall–Kier alpha value is -3.09. The van der Waals surface area contributed by atoms with Crippen LogP contribution in [0.3, 0.4) is 0 Å². The van der Waals surface area contributed by atoms with E-state index in [0.29, 0.717) is 13.1 Å². The summed E-state index contributed by atoms with van der Waals surface area (Å²) in [5.74, 6) is 2.23. The van der Waals surface area contributed by atoms with Gasteiger partial charge in [0, 0.05) is 38.3 Å². The van der Waals surface area contributed by atoms with Gasteiger partial charge >= 0.3 is 0 Å². The maximum Gasteiger partial charge on any atom is 0.225 e. The van der Waals surface area contributed by atoms with E-state index in [4.69, 9.17) is 0 Å². The number of nitrogens with one attached hydrogen (secondary N) is 3. The van der Waals surface area contributed by atoms with Gasteiger partial charge in [0.05, 0.1) is 17.8 Å². The van der Waals surface area contributed by atoms with Crippen LogP contribution in [0.5, 0.6) is 0 Å². The molecule has 7 nitrogen and oxygen atoms in total. The van der Waals surface area contributed by atoms with Crippen molar-refractivity contribution in [1.29, 1.82) is 0 Å². The molecule has 4 rings (SSSR count). The number of rotatable bonds is 7. The van der Waals surface area contributed by atoms with Gasteiger partial charge in [-0.25, -0.2) is 4.98 Å². The molecule has 3 N–H and O–H groups in total. The smallest absolute Gasteiger partial charge is 0.225 e. The van der Waals surface area contributed by atoms with E-state index in [0.717, 1.165) is 47.7 Å². The normalized spacial score (nSPS) is 19.2. The number of carbonyl (C=O) groups is 2. The van der Waals surface area contributed by atoms with Gasteiger partial charge in [-0.05, 0) is 54.5 Å². The molecule has 0 bridgehead atoms. The Kier molecular flexibility index (Phi) is 6.93. The maximum atomic E-state index is 12.1. The molecule has 32 heavy (non-hydrogen) atoms. The highest BCUT2D eigenvalue weighted by molar-refractivity contribution is 5.89. The van der Waals surface area contributed by atoms with Crippen molar-refractivity contribution in [2.24, 2.45) is 17.8 Å². The summed E-state index contributed by atoms with van der Waals surface area (Å²) in [6, 6.07) is 12.1. The van der Waals surface area contributed by atoms with Crippen LogP contribution in [0.1, 0.15) is 38.7 Å². The van der Waals surface area contributed by atoms with Crippen molar-refractivity contribution in [3.05, 3.63) is 48.2 Å². The third-order valence-electron chi connectivity index (χ3n) is 6.61. The van der Waals surface area contributed by atoms with Gasteiger partial charge in [-0.15, -0.1) is 0 Å². The van der Waals surface area contributed by atoms with E-state index in [1.807, 2.05) is 30.5 Å². The molecule has 1 unspecified atom stereocenters. The number of pyridine rings is 1. The number of anilines is 3. The van der Waals surface area contributed by atoms with Crippen LogP contribution in [0.2, 0.25) is 0 Å². The maximum absolute atomic E-state index is 12.1. The lowest BCUT2D eigenvalue weighted by Crippen LogP contribution is -2.35. The van der Waals surface area contributed by atoms with Crippen LogP contribution in [0.15, 0.2) is 42.6 Å². The van der Waals surface area contributed by atoms with Crippen LogP contribution in [-0.4, -0.2) is 36.4 Å². The van der Waals surface area contributed by atoms with E-state index in [1.165, 1.54) is 12.8 Å². The standard InChI is InChI=1S/C25H33N5O2/c1-17(2)19-9-11-30(12-10-19)23-8-7-22(16-26-23)29-21-5-3-18(4-6-21)14-28-25(32)20-13-24(31)27-15-20/h3-8,16-17,19-20,29H,9-15H2,1-2H3,(H,27,31)(H,28,32). The van der Waals surface area contributed by atoms with Crippen molar-refractivity contribution in [3.63, 3.8) is 0 Å². The molecule has 2 aliphatic heterocycles. The van der Waals surface area contributed by atoms with Crippen molar-refractivity contribution >= 4 is 29.0 Å². The Morgan fingerprint density at radius 3 is 2.44 bits per heavy atom. The number of benzene rings is 1. The molecule has 0 radical (unpaired) electrons. The first-order valence-electron chi connectivity index (χ1n) is 11.6. The summed E-state index contributed by atoms with van der Waals surface area (Å²) >= 11 is 0. The molecular weight excluding hydrogens is 402 g/mol. The molecule has 2 fully saturated rings. The first kappa shape index (κ1) is 22.1. The molecule has 2 aromatic rings. The fraction of sp³-hybridized carbons (Fsp3) is 0.480. The van der Waals surface area contributed by atoms with E-state index >= 15 is 0 Å². The molecule has 7 heteroatoms. The van der Waals surface area contributed by atoms with Crippen LogP contribution < -0.4 is 20.9 Å². The second kappa shape index (κ2) is 10.0. The summed E-state index contributed by atoms with van der Waals surface area (Å²) in [5, 5.41) is 8.99. The molecule has 1 aromatic carbocycles. The number of hydrogen-bond acceptors (Lipinski definition) is 5. The molecule has 2 saturated heterocycles. The third kappa shape index (κ3) is 5.58. The Balaban J connectivity index is 1.25. The summed E-state index contributed by atoms with van der Waals surface area (Å²) in [6.45, 7) is 7.67. The van der Waals surface area contributed by atoms with E-state index in [9.17, 15) is 9.59 Å². The lowest BCUT2D eigenvalue weighted by atomic mass is 9.87. The summed E-state index contributed by atoms with van der Waals surface area (Å²) in [5.41, 5.74) is 2.93. The summed E-state index contributed by atoms with van der Waals surface area (Å²) < 4.78 is 0. The summed E-state index contributed by atoms with van der Waals surface area (Å²) in [6.07, 6.45) is 4.64. The third-order valence-corrected chi connectivity index (χ3v) is 6.61. The Morgan fingerprint density at radius 2 is 1.84 bits per heavy atom. The van der Waals surface area contributed by atoms with E-state index < -0.39 is 0 Å². The first-order valence-corrected chi connectivity index (χ1v) is 11.6. The van der Waals surface area contributed by atoms with Crippen molar-refractivity contribution in [2.45, 2.75) is 39.7 Å². The number of aromatic nitrogens is 1. The summed E-state index contributed by atoms with van der Waals surface area (Å²) in [4.78, 5) is 30.4. The number of nitrogens with zero attached hydrogens (tertiary/aromatic N) is 2. The Bertz CT molecular complexity index is 918. The minimum atomic E-state index is -0.263. The van der Waals surface area contributed by atoms with Gasteiger partial charge in [0.1, 0.15) is 5.82 Å². The molecular formula is C25H33N5O2. The highest BCUT2D eigenvalue weighted by Gasteiger charge is 2.27. The van der Waals surface area contributed by atoms with Gasteiger partial charge in [-0.1, -0.05) is 26.0 Å². The van der Waals surface area contributed by atoms with Gasteiger partial charge in [-0.2, -0.15) is 0 Å². The number of amides is 2. The fourth-order valence-electron chi connectivity index (χ4n) is 4.44. The zero-order valence-electron chi connectivity index (χ0n) is 18.9. The van der Waals surface area contributed by atoms with E-state index in [-0.39, 0.29) is 24.2 Å². The average molecular weight is 436 g/mol. The molecule has 0 spiro atoms. The molecule has 2 amide bonds. The van der Waals surface area contributed by atoms with Gasteiger partial charge in [0.15, 0.2) is 0 Å². The SMILES string of the molecule is CC(C)C1CCN(c2ccc(Nc3ccc(CNC(=O)C4CNC(=O)C4)cc3)cn2)CC1. The fourth-order valence-corrected chi connectivity index (χ4v) is 4.44. The minimum Gasteiger partial charge on any atom is -0.357 e. The molecule has 0 saturated carbocycles. The van der Waals surface area contributed by atoms with E-state index in [2.05, 4.69) is 51.8 Å². The first-order chi connectivity index (χ1) is 15.5. The minimum absolute atomic E-state index is 0.0567. The predicted molar refractivity (Wildman–Crippen MR) is 127 cm³/mol. The van der Waals surface area contributed by atoms with Crippen LogP contribution in [0.25, 0.3) is 0 Å². The number of hydrogen-bond donors (Lipinski definition) is 3. The van der Waals surface area contributed by atoms with Gasteiger partial charge in [0.2, 0.25) is 11.8 Å². The highest BCUT2D eigenvalue weighted by atomic mass is 16.2. The monoisotopic (exact) mass is 435 g/mol. The highest BCUT2D eigenvalue weighted by Crippen LogP contribution is 2.27. The van der Waals surface area contributed by atoms with E-state index in [1.54, 1.807) is 0 Å². The van der Waals surface area contributed by atoms with Gasteiger partial charge in [-0.3, -0.25) is 9.59 Å². The predicted octanol–water partition coefficient (Wildman–Crippen LogP) is 3.45. The zero-order valence-corrected chi connectivity index (χ0v) is 18.9. The Labute approximate surface area is 190 Å². The van der Waals surface area contributed by atoms with Crippen LogP contribution >= 0.6 is 0 Å². The van der Waals surface area contributed by atoms with Crippen molar-refractivity contribution in [3.8, 4) is 0 Å². The quantitative estimate of drug-likeness (QED) is 0.620. The average Bonchev–Trinajstić information content (AvgIpc) is 3.25.